The molecule has 29 heavy (non-hydrogen) atoms. The molecule has 6 heteroatoms. The second-order valence-electron chi connectivity index (χ2n) is 7.39. The summed E-state index contributed by atoms with van der Waals surface area (Å²) in [6.45, 7) is 5.13. The number of nitrogens with one attached hydrogen (secondary N) is 2. The lowest BCUT2D eigenvalue weighted by molar-refractivity contribution is 0.522. The number of imidazole rings is 1. The van der Waals surface area contributed by atoms with Crippen molar-refractivity contribution >= 4 is 22.6 Å². The quantitative estimate of drug-likeness (QED) is 0.705. The van der Waals surface area contributed by atoms with Crippen LogP contribution in [-0.4, -0.2) is 37.4 Å². The van der Waals surface area contributed by atoms with Crippen molar-refractivity contribution in [3.63, 3.8) is 0 Å². The molecule has 2 aliphatic heterocycles. The Balaban J connectivity index is 1.56. The van der Waals surface area contributed by atoms with Gasteiger partial charge in [-0.3, -0.25) is 0 Å². The maximum absolute atomic E-state index is 4.43. The summed E-state index contributed by atoms with van der Waals surface area (Å²) >= 11 is 0. The third-order valence-corrected chi connectivity index (χ3v) is 5.35. The van der Waals surface area contributed by atoms with Crippen molar-refractivity contribution in [2.45, 2.75) is 19.9 Å². The van der Waals surface area contributed by atoms with E-state index in [1.165, 1.54) is 28.0 Å². The normalized spacial score (nSPS) is 17.1. The number of anilines is 1. The van der Waals surface area contributed by atoms with Gasteiger partial charge < -0.3 is 15.2 Å². The Bertz CT molecular complexity index is 1180. The van der Waals surface area contributed by atoms with Crippen molar-refractivity contribution in [2.24, 2.45) is 0 Å². The summed E-state index contributed by atoms with van der Waals surface area (Å²) in [6, 6.07) is 10.6. The fourth-order valence-electron chi connectivity index (χ4n) is 3.89. The first-order valence-electron chi connectivity index (χ1n) is 9.73. The zero-order valence-electron chi connectivity index (χ0n) is 16.4. The van der Waals surface area contributed by atoms with Crippen LogP contribution in [-0.2, 0) is 0 Å². The summed E-state index contributed by atoms with van der Waals surface area (Å²) in [4.78, 5) is 18.3. The molecule has 0 bridgehead atoms. The lowest BCUT2D eigenvalue weighted by Gasteiger charge is -2.34. The van der Waals surface area contributed by atoms with Crippen LogP contribution in [0.15, 0.2) is 84.3 Å². The van der Waals surface area contributed by atoms with Gasteiger partial charge in [0, 0.05) is 18.4 Å². The predicted molar refractivity (Wildman–Crippen MR) is 116 cm³/mol. The highest BCUT2D eigenvalue weighted by Crippen LogP contribution is 2.33. The van der Waals surface area contributed by atoms with Gasteiger partial charge in [-0.15, -0.1) is 0 Å². The third kappa shape index (κ3) is 3.23. The smallest absolute Gasteiger partial charge is 0.182 e. The minimum absolute atomic E-state index is 0.0571. The van der Waals surface area contributed by atoms with Crippen LogP contribution >= 0.6 is 0 Å². The molecule has 5 rings (SSSR count). The Hall–Kier alpha value is -3.67. The summed E-state index contributed by atoms with van der Waals surface area (Å²) in [5.41, 5.74) is 7.75. The average molecular weight is 382 g/mol. The summed E-state index contributed by atoms with van der Waals surface area (Å²) in [6.07, 6.45) is 12.0. The van der Waals surface area contributed by atoms with Crippen LogP contribution < -0.4 is 5.32 Å². The number of H-pyrrole nitrogens is 1. The molecular formula is C23H22N6. The van der Waals surface area contributed by atoms with Crippen molar-refractivity contribution in [1.29, 1.82) is 0 Å². The van der Waals surface area contributed by atoms with Crippen LogP contribution in [0.1, 0.15) is 19.4 Å². The number of allylic oxidation sites excluding steroid dienone is 3. The molecule has 2 aliphatic rings. The van der Waals surface area contributed by atoms with Gasteiger partial charge in [0.25, 0.3) is 0 Å². The molecule has 2 N–H and O–H groups in total. The van der Waals surface area contributed by atoms with Gasteiger partial charge >= 0.3 is 0 Å². The van der Waals surface area contributed by atoms with Gasteiger partial charge in [0.05, 0.1) is 12.4 Å². The fraction of sp³-hybridized carbons (Fsp3) is 0.174. The van der Waals surface area contributed by atoms with E-state index in [2.05, 4.69) is 98.8 Å². The minimum Gasteiger partial charge on any atom is -0.362 e. The zero-order chi connectivity index (χ0) is 19.8. The number of hydrogen-bond donors (Lipinski definition) is 2. The van der Waals surface area contributed by atoms with E-state index >= 15 is 0 Å². The van der Waals surface area contributed by atoms with Gasteiger partial charge in [-0.2, -0.15) is 0 Å². The van der Waals surface area contributed by atoms with E-state index in [-0.39, 0.29) is 6.04 Å². The molecule has 0 saturated heterocycles. The first kappa shape index (κ1) is 17.4. The standard InChI is InChI=1S/C23H22N6/c1-15-8-9-18-10-19(20(12-29(18)11-15)17-6-4-3-5-7-17)16(2)28-23-21-22(25-13-24-21)26-14-27-23/h3-11,13-14,16H,12H2,1-2H3,(H2,24,25,26,27,28). The average Bonchev–Trinajstić information content (AvgIpc) is 3.23. The Morgan fingerprint density at radius 2 is 1.97 bits per heavy atom. The lowest BCUT2D eigenvalue weighted by atomic mass is 9.90. The number of hydrogen-bond acceptors (Lipinski definition) is 5. The molecule has 0 radical (unpaired) electrons. The topological polar surface area (TPSA) is 69.7 Å². The minimum atomic E-state index is 0.0571. The third-order valence-electron chi connectivity index (χ3n) is 5.35. The molecule has 0 amide bonds. The first-order valence-corrected chi connectivity index (χ1v) is 9.73. The highest BCUT2D eigenvalue weighted by Gasteiger charge is 2.24. The van der Waals surface area contributed by atoms with Gasteiger partial charge in [-0.1, -0.05) is 36.4 Å². The molecule has 1 aromatic carbocycles. The zero-order valence-corrected chi connectivity index (χ0v) is 16.4. The second kappa shape index (κ2) is 7.05. The van der Waals surface area contributed by atoms with Crippen molar-refractivity contribution in [3.05, 3.63) is 89.8 Å². The van der Waals surface area contributed by atoms with Crippen LogP contribution in [0.4, 0.5) is 5.82 Å². The maximum Gasteiger partial charge on any atom is 0.182 e. The fourth-order valence-corrected chi connectivity index (χ4v) is 3.89. The van der Waals surface area contributed by atoms with Crippen molar-refractivity contribution < 1.29 is 0 Å². The Labute approximate surface area is 169 Å². The van der Waals surface area contributed by atoms with E-state index in [4.69, 9.17) is 0 Å². The Morgan fingerprint density at radius 1 is 1.10 bits per heavy atom. The van der Waals surface area contributed by atoms with Crippen molar-refractivity contribution in [3.8, 4) is 0 Å². The number of benzene rings is 1. The first-order chi connectivity index (χ1) is 14.2. The molecule has 0 spiro atoms. The molecule has 1 atom stereocenters. The van der Waals surface area contributed by atoms with E-state index in [0.29, 0.717) is 5.65 Å². The second-order valence-corrected chi connectivity index (χ2v) is 7.39. The molecule has 144 valence electrons. The van der Waals surface area contributed by atoms with E-state index in [0.717, 1.165) is 17.9 Å². The van der Waals surface area contributed by atoms with Crippen LogP contribution in [0.5, 0.6) is 0 Å². The van der Waals surface area contributed by atoms with E-state index in [1.54, 1.807) is 12.7 Å². The van der Waals surface area contributed by atoms with Gasteiger partial charge in [-0.25, -0.2) is 15.0 Å². The van der Waals surface area contributed by atoms with E-state index in [9.17, 15) is 0 Å². The van der Waals surface area contributed by atoms with Crippen molar-refractivity contribution in [1.82, 2.24) is 24.8 Å². The summed E-state index contributed by atoms with van der Waals surface area (Å²) in [5, 5.41) is 3.56. The molecule has 0 saturated carbocycles. The number of aromatic amines is 1. The van der Waals surface area contributed by atoms with Gasteiger partial charge in [0.1, 0.15) is 11.8 Å². The molecule has 2 aromatic heterocycles. The maximum atomic E-state index is 4.43. The highest BCUT2D eigenvalue weighted by atomic mass is 15.1. The number of aromatic nitrogens is 4. The molecule has 6 nitrogen and oxygen atoms in total. The van der Waals surface area contributed by atoms with Gasteiger partial charge in [-0.05, 0) is 48.3 Å². The lowest BCUT2D eigenvalue weighted by Crippen LogP contribution is -2.29. The van der Waals surface area contributed by atoms with Gasteiger partial charge in [0.2, 0.25) is 0 Å². The molecule has 0 aliphatic carbocycles. The SMILES string of the molecule is CC1=CN2CC(c3ccccc3)=C(C(C)Nc3ncnc4nc[nH]c34)C=C2C=C1. The summed E-state index contributed by atoms with van der Waals surface area (Å²) < 4.78 is 0. The van der Waals surface area contributed by atoms with E-state index < -0.39 is 0 Å². The summed E-state index contributed by atoms with van der Waals surface area (Å²) in [5.74, 6) is 0.760. The molecule has 4 heterocycles. The molecule has 3 aromatic rings. The number of fused-ring (bicyclic) bond motifs is 2. The largest absolute Gasteiger partial charge is 0.362 e. The van der Waals surface area contributed by atoms with Gasteiger partial charge in [0.15, 0.2) is 11.5 Å². The summed E-state index contributed by atoms with van der Waals surface area (Å²) in [7, 11) is 0. The van der Waals surface area contributed by atoms with E-state index in [1.807, 2.05) is 0 Å². The van der Waals surface area contributed by atoms with Crippen LogP contribution in [0, 0.1) is 0 Å². The monoisotopic (exact) mass is 382 g/mol. The number of nitrogens with zero attached hydrogens (tertiary/aromatic N) is 4. The molecular weight excluding hydrogens is 360 g/mol. The predicted octanol–water partition coefficient (Wildman–Crippen LogP) is 4.28. The number of rotatable bonds is 4. The van der Waals surface area contributed by atoms with Crippen LogP contribution in [0.25, 0.3) is 16.7 Å². The van der Waals surface area contributed by atoms with Crippen LogP contribution in [0.3, 0.4) is 0 Å². The highest BCUT2D eigenvalue weighted by molar-refractivity contribution is 5.83. The van der Waals surface area contributed by atoms with Crippen molar-refractivity contribution in [2.75, 3.05) is 11.9 Å². The Morgan fingerprint density at radius 3 is 2.83 bits per heavy atom. The molecule has 1 unspecified atom stereocenters. The van der Waals surface area contributed by atoms with Crippen LogP contribution in [0.2, 0.25) is 0 Å². The molecule has 0 fully saturated rings. The Kier molecular flexibility index (Phi) is 4.24.